The fraction of sp³-hybridized carbons (Fsp3) is 0.625. The molecule has 2 rings (SSSR count). The minimum atomic E-state index is -0.714. The highest BCUT2D eigenvalue weighted by Gasteiger charge is 2.26. The summed E-state index contributed by atoms with van der Waals surface area (Å²) in [5.74, 6) is 2.29. The lowest BCUT2D eigenvalue weighted by Crippen LogP contribution is -2.32. The lowest BCUT2D eigenvalue weighted by Gasteiger charge is -2.20. The van der Waals surface area contributed by atoms with Gasteiger partial charge in [0.25, 0.3) is 0 Å². The zero-order valence-corrected chi connectivity index (χ0v) is 12.6. The van der Waals surface area contributed by atoms with Crippen molar-refractivity contribution in [1.29, 1.82) is 0 Å². The molecular formula is C16H25NOS. The summed E-state index contributed by atoms with van der Waals surface area (Å²) in [6, 6.07) is 10.8. The van der Waals surface area contributed by atoms with Gasteiger partial charge in [0.15, 0.2) is 0 Å². The summed E-state index contributed by atoms with van der Waals surface area (Å²) < 4.78 is 12.1. The maximum atomic E-state index is 12.1. The van der Waals surface area contributed by atoms with E-state index in [9.17, 15) is 4.21 Å². The summed E-state index contributed by atoms with van der Waals surface area (Å²) in [5.41, 5.74) is 1.19. The molecule has 0 aromatic heterocycles. The van der Waals surface area contributed by atoms with Crippen LogP contribution in [0, 0.1) is 5.92 Å². The smallest absolute Gasteiger partial charge is 0.0485 e. The monoisotopic (exact) mass is 279 g/mol. The van der Waals surface area contributed by atoms with Crippen LogP contribution in [0.25, 0.3) is 0 Å². The van der Waals surface area contributed by atoms with Gasteiger partial charge in [0.2, 0.25) is 0 Å². The molecule has 1 N–H and O–H groups in total. The Morgan fingerprint density at radius 3 is 2.79 bits per heavy atom. The van der Waals surface area contributed by atoms with Gasteiger partial charge in [0.05, 0.1) is 0 Å². The number of hydrogen-bond acceptors (Lipinski definition) is 2. The lowest BCUT2D eigenvalue weighted by atomic mass is 10.0. The third-order valence-electron chi connectivity index (χ3n) is 4.01. The molecule has 1 aromatic rings. The van der Waals surface area contributed by atoms with Crippen molar-refractivity contribution < 1.29 is 4.21 Å². The Labute approximate surface area is 119 Å². The average Bonchev–Trinajstić information content (AvgIpc) is 2.85. The van der Waals surface area contributed by atoms with Gasteiger partial charge >= 0.3 is 0 Å². The second kappa shape index (κ2) is 7.81. The van der Waals surface area contributed by atoms with Crippen molar-refractivity contribution in [2.45, 2.75) is 44.4 Å². The van der Waals surface area contributed by atoms with E-state index in [1.54, 1.807) is 0 Å². The molecule has 0 aliphatic heterocycles. The maximum absolute atomic E-state index is 12.1. The molecule has 0 radical (unpaired) electrons. The Bertz CT molecular complexity index is 393. The number of benzene rings is 1. The van der Waals surface area contributed by atoms with Crippen LogP contribution >= 0.6 is 0 Å². The minimum absolute atomic E-state index is 0.665. The standard InChI is InChI=1S/C16H25NOS/c1-2-17-16-10-6-9-15(16)11-12-19(18)13-14-7-4-3-5-8-14/h3-5,7-8,15-17H,2,6,9-13H2,1H3. The molecule has 1 fully saturated rings. The molecule has 1 saturated carbocycles. The van der Waals surface area contributed by atoms with Crippen molar-refractivity contribution in [3.05, 3.63) is 35.9 Å². The zero-order valence-electron chi connectivity index (χ0n) is 11.8. The Morgan fingerprint density at radius 2 is 2.05 bits per heavy atom. The highest BCUT2D eigenvalue weighted by Crippen LogP contribution is 2.28. The molecule has 3 atom stereocenters. The highest BCUT2D eigenvalue weighted by atomic mass is 32.2. The van der Waals surface area contributed by atoms with Gasteiger partial charge in [-0.1, -0.05) is 43.7 Å². The van der Waals surface area contributed by atoms with Crippen molar-refractivity contribution in [2.75, 3.05) is 12.3 Å². The molecule has 0 amide bonds. The minimum Gasteiger partial charge on any atom is -0.314 e. The summed E-state index contributed by atoms with van der Waals surface area (Å²) in [6.07, 6.45) is 5.04. The molecule has 3 heteroatoms. The van der Waals surface area contributed by atoms with Gasteiger partial charge in [-0.3, -0.25) is 4.21 Å². The molecule has 19 heavy (non-hydrogen) atoms. The maximum Gasteiger partial charge on any atom is 0.0485 e. The van der Waals surface area contributed by atoms with Crippen LogP contribution in [0.4, 0.5) is 0 Å². The van der Waals surface area contributed by atoms with Crippen molar-refractivity contribution in [3.63, 3.8) is 0 Å². The fourth-order valence-electron chi connectivity index (χ4n) is 3.03. The number of rotatable bonds is 7. The van der Waals surface area contributed by atoms with E-state index in [1.807, 2.05) is 18.2 Å². The Hall–Kier alpha value is -0.670. The van der Waals surface area contributed by atoms with E-state index in [2.05, 4.69) is 24.4 Å². The van der Waals surface area contributed by atoms with E-state index in [4.69, 9.17) is 0 Å². The molecule has 0 heterocycles. The average molecular weight is 279 g/mol. The van der Waals surface area contributed by atoms with Gasteiger partial charge in [-0.15, -0.1) is 0 Å². The van der Waals surface area contributed by atoms with E-state index in [-0.39, 0.29) is 0 Å². The van der Waals surface area contributed by atoms with Crippen LogP contribution in [-0.4, -0.2) is 22.5 Å². The molecule has 1 aliphatic carbocycles. The van der Waals surface area contributed by atoms with Crippen LogP contribution < -0.4 is 5.32 Å². The summed E-state index contributed by atoms with van der Waals surface area (Å²) in [5, 5.41) is 3.57. The van der Waals surface area contributed by atoms with Gasteiger partial charge in [-0.2, -0.15) is 0 Å². The van der Waals surface area contributed by atoms with Crippen LogP contribution in [0.5, 0.6) is 0 Å². The SMILES string of the molecule is CCNC1CCCC1CCS(=O)Cc1ccccc1. The highest BCUT2D eigenvalue weighted by molar-refractivity contribution is 7.84. The predicted octanol–water partition coefficient (Wildman–Crippen LogP) is 3.10. The summed E-state index contributed by atoms with van der Waals surface area (Å²) in [7, 11) is -0.714. The second-order valence-corrected chi connectivity index (χ2v) is 6.99. The van der Waals surface area contributed by atoms with E-state index in [1.165, 1.54) is 24.8 Å². The van der Waals surface area contributed by atoms with Crippen molar-refractivity contribution in [1.82, 2.24) is 5.32 Å². The van der Waals surface area contributed by atoms with Crippen LogP contribution in [-0.2, 0) is 16.6 Å². The summed E-state index contributed by atoms with van der Waals surface area (Å²) in [6.45, 7) is 3.22. The number of nitrogens with one attached hydrogen (secondary N) is 1. The van der Waals surface area contributed by atoms with E-state index < -0.39 is 10.8 Å². The first-order chi connectivity index (χ1) is 9.29. The Balaban J connectivity index is 1.74. The molecule has 0 saturated heterocycles. The van der Waals surface area contributed by atoms with Gasteiger partial charge in [0.1, 0.15) is 0 Å². The Morgan fingerprint density at radius 1 is 1.26 bits per heavy atom. The molecule has 1 aromatic carbocycles. The van der Waals surface area contributed by atoms with Gasteiger partial charge < -0.3 is 5.32 Å². The van der Waals surface area contributed by atoms with Crippen LogP contribution in [0.2, 0.25) is 0 Å². The van der Waals surface area contributed by atoms with E-state index in [0.717, 1.165) is 24.6 Å². The Kier molecular flexibility index (Phi) is 6.05. The molecule has 106 valence electrons. The lowest BCUT2D eigenvalue weighted by molar-refractivity contribution is 0.399. The van der Waals surface area contributed by atoms with Crippen molar-refractivity contribution in [2.24, 2.45) is 5.92 Å². The van der Waals surface area contributed by atoms with E-state index >= 15 is 0 Å². The molecule has 0 bridgehead atoms. The third kappa shape index (κ3) is 4.73. The number of hydrogen-bond donors (Lipinski definition) is 1. The van der Waals surface area contributed by atoms with Gasteiger partial charge in [-0.25, -0.2) is 0 Å². The summed E-state index contributed by atoms with van der Waals surface area (Å²) in [4.78, 5) is 0. The fourth-order valence-corrected chi connectivity index (χ4v) is 4.30. The summed E-state index contributed by atoms with van der Waals surface area (Å²) >= 11 is 0. The predicted molar refractivity (Wildman–Crippen MR) is 82.6 cm³/mol. The largest absolute Gasteiger partial charge is 0.314 e. The van der Waals surface area contributed by atoms with Crippen LogP contribution in [0.15, 0.2) is 30.3 Å². The van der Waals surface area contributed by atoms with E-state index in [0.29, 0.717) is 11.8 Å². The zero-order chi connectivity index (χ0) is 13.5. The normalized spacial score (nSPS) is 24.5. The first kappa shape index (κ1) is 14.7. The van der Waals surface area contributed by atoms with Gasteiger partial charge in [-0.05, 0) is 37.3 Å². The van der Waals surface area contributed by atoms with Crippen molar-refractivity contribution >= 4 is 10.8 Å². The topological polar surface area (TPSA) is 29.1 Å². The molecular weight excluding hydrogens is 254 g/mol. The van der Waals surface area contributed by atoms with Gasteiger partial charge in [0, 0.05) is 28.3 Å². The molecule has 0 spiro atoms. The third-order valence-corrected chi connectivity index (χ3v) is 5.36. The molecule has 1 aliphatic rings. The molecule has 3 unspecified atom stereocenters. The van der Waals surface area contributed by atoms with Crippen LogP contribution in [0.1, 0.15) is 38.2 Å². The molecule has 2 nitrogen and oxygen atoms in total. The second-order valence-electron chi connectivity index (χ2n) is 5.42. The first-order valence-electron chi connectivity index (χ1n) is 7.42. The first-order valence-corrected chi connectivity index (χ1v) is 8.90. The van der Waals surface area contributed by atoms with Crippen LogP contribution in [0.3, 0.4) is 0 Å². The quantitative estimate of drug-likeness (QED) is 0.831. The van der Waals surface area contributed by atoms with Crippen molar-refractivity contribution in [3.8, 4) is 0 Å².